The molecule has 0 saturated heterocycles. The van der Waals surface area contributed by atoms with Crippen LogP contribution in [0.1, 0.15) is 35.2 Å². The van der Waals surface area contributed by atoms with Crippen LogP contribution in [0, 0.1) is 5.41 Å². The van der Waals surface area contributed by atoms with Gasteiger partial charge in [-0.1, -0.05) is 18.2 Å². The molecule has 1 atom stereocenters. The van der Waals surface area contributed by atoms with Crippen molar-refractivity contribution in [2.75, 3.05) is 6.61 Å². The van der Waals surface area contributed by atoms with Crippen LogP contribution in [0.3, 0.4) is 0 Å². The molecule has 1 aromatic carbocycles. The number of carbonyl (C=O) groups is 1. The first-order valence-corrected chi connectivity index (χ1v) is 5.07. The Morgan fingerprint density at radius 2 is 2.12 bits per heavy atom. The molecule has 1 saturated carbocycles. The molecule has 2 rings (SSSR count). The molecule has 1 N–H and O–H groups in total. The first kappa shape index (κ1) is 12.7. The van der Waals surface area contributed by atoms with Crippen LogP contribution in [-0.4, -0.2) is 18.3 Å². The summed E-state index contributed by atoms with van der Waals surface area (Å²) in [6, 6.07) is 7.38. The summed E-state index contributed by atoms with van der Waals surface area (Å²) in [6.45, 7) is 2.18. The molecular weight excluding hydrogens is 226 g/mol. The summed E-state index contributed by atoms with van der Waals surface area (Å²) >= 11 is 0. The molecule has 1 aliphatic carbocycles. The molecule has 1 aliphatic rings. The Hall–Kier alpha value is -1.35. The lowest BCUT2D eigenvalue weighted by Crippen LogP contribution is -2.07. The molecule has 16 heavy (non-hydrogen) atoms. The predicted molar refractivity (Wildman–Crippen MR) is 64.7 cm³/mol. The van der Waals surface area contributed by atoms with Gasteiger partial charge in [0.25, 0.3) is 0 Å². The number of benzene rings is 1. The highest BCUT2D eigenvalue weighted by molar-refractivity contribution is 6.06. The predicted octanol–water partition coefficient (Wildman–Crippen LogP) is 2.79. The molecule has 0 aliphatic heterocycles. The summed E-state index contributed by atoms with van der Waals surface area (Å²) in [5.41, 5.74) is 2.24. The third-order valence-corrected chi connectivity index (χ3v) is 2.52. The van der Waals surface area contributed by atoms with E-state index in [-0.39, 0.29) is 24.3 Å². The van der Waals surface area contributed by atoms with Crippen LogP contribution < -0.4 is 0 Å². The molecule has 3 nitrogen and oxygen atoms in total. The molecule has 0 bridgehead atoms. The molecule has 4 heteroatoms. The van der Waals surface area contributed by atoms with Crippen molar-refractivity contribution in [1.29, 1.82) is 5.41 Å². The third-order valence-electron chi connectivity index (χ3n) is 2.52. The number of rotatable bonds is 3. The normalized spacial score (nSPS) is 17.6. The highest BCUT2D eigenvalue weighted by atomic mass is 35.5. The zero-order chi connectivity index (χ0) is 10.8. The Kier molecular flexibility index (Phi) is 4.07. The van der Waals surface area contributed by atoms with Crippen molar-refractivity contribution in [2.24, 2.45) is 0 Å². The smallest absolute Gasteiger partial charge is 0.338 e. The van der Waals surface area contributed by atoms with E-state index in [1.54, 1.807) is 13.0 Å². The Balaban J connectivity index is 0.00000128. The van der Waals surface area contributed by atoms with Crippen molar-refractivity contribution in [3.63, 3.8) is 0 Å². The van der Waals surface area contributed by atoms with E-state index in [0.29, 0.717) is 17.9 Å². The van der Waals surface area contributed by atoms with E-state index in [4.69, 9.17) is 10.1 Å². The number of hydrogen-bond acceptors (Lipinski definition) is 3. The second-order valence-electron chi connectivity index (χ2n) is 3.59. The highest BCUT2D eigenvalue weighted by Gasteiger charge is 2.34. The van der Waals surface area contributed by atoms with Crippen LogP contribution in [-0.2, 0) is 4.74 Å². The van der Waals surface area contributed by atoms with Gasteiger partial charge >= 0.3 is 5.97 Å². The van der Waals surface area contributed by atoms with Crippen LogP contribution in [0.25, 0.3) is 0 Å². The van der Waals surface area contributed by atoms with E-state index in [1.807, 2.05) is 18.2 Å². The molecule has 0 spiro atoms. The minimum Gasteiger partial charge on any atom is -0.462 e. The first-order chi connectivity index (χ1) is 7.24. The van der Waals surface area contributed by atoms with Gasteiger partial charge in [-0.3, -0.25) is 0 Å². The molecule has 0 radical (unpaired) electrons. The van der Waals surface area contributed by atoms with Gasteiger partial charge in [0.05, 0.1) is 12.2 Å². The minimum atomic E-state index is -0.284. The molecule has 0 amide bonds. The average Bonchev–Trinajstić information content (AvgIpc) is 2.96. The van der Waals surface area contributed by atoms with Crippen LogP contribution in [0.15, 0.2) is 24.3 Å². The Labute approximate surface area is 101 Å². The Morgan fingerprint density at radius 3 is 2.69 bits per heavy atom. The Morgan fingerprint density at radius 1 is 1.50 bits per heavy atom. The number of esters is 1. The summed E-state index contributed by atoms with van der Waals surface area (Å²) in [5, 5.41) is 7.49. The number of ether oxygens (including phenoxy) is 1. The van der Waals surface area contributed by atoms with Gasteiger partial charge in [-0.2, -0.15) is 0 Å². The summed E-state index contributed by atoms with van der Waals surface area (Å²) in [4.78, 5) is 11.6. The lowest BCUT2D eigenvalue weighted by molar-refractivity contribution is 0.0525. The lowest BCUT2D eigenvalue weighted by atomic mass is 10.0. The van der Waals surface area contributed by atoms with Gasteiger partial charge in [0.1, 0.15) is 0 Å². The first-order valence-electron chi connectivity index (χ1n) is 5.07. The van der Waals surface area contributed by atoms with Crippen LogP contribution >= 0.6 is 12.4 Å². The number of nitrogens with one attached hydrogen (secondary N) is 1. The zero-order valence-corrected chi connectivity index (χ0v) is 9.84. The number of halogens is 1. The van der Waals surface area contributed by atoms with Gasteiger partial charge in [0.2, 0.25) is 0 Å². The van der Waals surface area contributed by atoms with Crippen molar-refractivity contribution in [2.45, 2.75) is 19.3 Å². The van der Waals surface area contributed by atoms with E-state index in [2.05, 4.69) is 0 Å². The van der Waals surface area contributed by atoms with Gasteiger partial charge in [-0.15, -0.1) is 12.4 Å². The quantitative estimate of drug-likeness (QED) is 0.825. The summed E-state index contributed by atoms with van der Waals surface area (Å²) < 4.78 is 4.97. The Bertz CT molecular complexity index is 417. The summed E-state index contributed by atoms with van der Waals surface area (Å²) in [7, 11) is 0. The topological polar surface area (TPSA) is 50.2 Å². The fraction of sp³-hybridized carbons (Fsp3) is 0.333. The molecule has 86 valence electrons. The molecule has 1 fully saturated rings. The van der Waals surface area contributed by atoms with E-state index in [0.717, 1.165) is 12.0 Å². The van der Waals surface area contributed by atoms with Gasteiger partial charge in [0.15, 0.2) is 0 Å². The van der Waals surface area contributed by atoms with Crippen molar-refractivity contribution in [3.8, 4) is 0 Å². The van der Waals surface area contributed by atoms with Crippen LogP contribution in [0.5, 0.6) is 0 Å². The molecule has 0 heterocycles. The molecule has 1 unspecified atom stereocenters. The van der Waals surface area contributed by atoms with Gasteiger partial charge in [-0.05, 0) is 25.0 Å². The second-order valence-corrected chi connectivity index (χ2v) is 3.59. The number of hydrogen-bond donors (Lipinski definition) is 1. The second kappa shape index (κ2) is 5.12. The summed E-state index contributed by atoms with van der Waals surface area (Å²) in [6.07, 6.45) is 0.774. The standard InChI is InChI=1S/C12H13NO2.ClH/c1-2-15-12(14)9-6-4-3-5-8(9)10-7-11(10)13;/h3-6,10,13H,2,7H2,1H3;1H. The van der Waals surface area contributed by atoms with Crippen LogP contribution in [0.4, 0.5) is 0 Å². The maximum Gasteiger partial charge on any atom is 0.338 e. The number of carbonyl (C=O) groups excluding carboxylic acids is 1. The SMILES string of the molecule is CCOC(=O)c1ccccc1C1CC1=N.Cl. The van der Waals surface area contributed by atoms with Crippen molar-refractivity contribution < 1.29 is 9.53 Å². The van der Waals surface area contributed by atoms with Crippen molar-refractivity contribution in [1.82, 2.24) is 0 Å². The fourth-order valence-electron chi connectivity index (χ4n) is 1.65. The van der Waals surface area contributed by atoms with E-state index >= 15 is 0 Å². The minimum absolute atomic E-state index is 0. The molecule has 1 aromatic rings. The third kappa shape index (κ3) is 2.42. The van der Waals surface area contributed by atoms with Gasteiger partial charge in [-0.25, -0.2) is 4.79 Å². The maximum absolute atomic E-state index is 11.6. The fourth-order valence-corrected chi connectivity index (χ4v) is 1.65. The van der Waals surface area contributed by atoms with Crippen molar-refractivity contribution >= 4 is 24.1 Å². The van der Waals surface area contributed by atoms with Gasteiger partial charge < -0.3 is 10.1 Å². The average molecular weight is 240 g/mol. The van der Waals surface area contributed by atoms with E-state index < -0.39 is 0 Å². The van der Waals surface area contributed by atoms with Gasteiger partial charge in [0, 0.05) is 11.6 Å². The van der Waals surface area contributed by atoms with E-state index in [1.165, 1.54) is 0 Å². The maximum atomic E-state index is 11.6. The largest absolute Gasteiger partial charge is 0.462 e. The van der Waals surface area contributed by atoms with E-state index in [9.17, 15) is 4.79 Å². The zero-order valence-electron chi connectivity index (χ0n) is 9.03. The monoisotopic (exact) mass is 239 g/mol. The van der Waals surface area contributed by atoms with Crippen LogP contribution in [0.2, 0.25) is 0 Å². The highest BCUT2D eigenvalue weighted by Crippen LogP contribution is 2.38. The van der Waals surface area contributed by atoms with Crippen molar-refractivity contribution in [3.05, 3.63) is 35.4 Å². The summed E-state index contributed by atoms with van der Waals surface area (Å²) in [5.74, 6) is -0.140. The lowest BCUT2D eigenvalue weighted by Gasteiger charge is -2.06. The molecule has 0 aromatic heterocycles. The molecular formula is C12H14ClNO2.